The van der Waals surface area contributed by atoms with Crippen molar-refractivity contribution in [2.75, 3.05) is 19.6 Å². The van der Waals surface area contributed by atoms with Crippen molar-refractivity contribution in [3.8, 4) is 0 Å². The molecular formula is C10H16F2N2O. The lowest BCUT2D eigenvalue weighted by Crippen LogP contribution is -2.38. The van der Waals surface area contributed by atoms with Gasteiger partial charge in [0, 0.05) is 25.6 Å². The zero-order valence-electron chi connectivity index (χ0n) is 8.80. The van der Waals surface area contributed by atoms with Crippen molar-refractivity contribution in [2.24, 2.45) is 5.92 Å². The van der Waals surface area contributed by atoms with Crippen LogP contribution in [0.5, 0.6) is 0 Å². The van der Waals surface area contributed by atoms with E-state index >= 15 is 0 Å². The molecular weight excluding hydrogens is 202 g/mol. The van der Waals surface area contributed by atoms with Crippen molar-refractivity contribution in [3.63, 3.8) is 0 Å². The number of halogens is 2. The van der Waals surface area contributed by atoms with E-state index in [1.165, 1.54) is 0 Å². The third kappa shape index (κ3) is 2.27. The first kappa shape index (κ1) is 10.8. The molecule has 1 saturated carbocycles. The summed E-state index contributed by atoms with van der Waals surface area (Å²) in [7, 11) is 0. The molecule has 1 aliphatic heterocycles. The minimum absolute atomic E-state index is 0.0637. The van der Waals surface area contributed by atoms with E-state index in [0.29, 0.717) is 0 Å². The highest BCUT2D eigenvalue weighted by atomic mass is 19.3. The van der Waals surface area contributed by atoms with Gasteiger partial charge >= 0.3 is 0 Å². The van der Waals surface area contributed by atoms with Crippen molar-refractivity contribution in [1.29, 1.82) is 0 Å². The lowest BCUT2D eigenvalue weighted by Gasteiger charge is -2.14. The average molecular weight is 218 g/mol. The fourth-order valence-corrected chi connectivity index (χ4v) is 2.04. The Morgan fingerprint density at radius 3 is 2.73 bits per heavy atom. The number of nitrogens with one attached hydrogen (secondary N) is 1. The Bertz CT molecular complexity index is 270. The quantitative estimate of drug-likeness (QED) is 0.761. The summed E-state index contributed by atoms with van der Waals surface area (Å²) in [5, 5.41) is 2.70. The number of likely N-dealkylation sites (tertiary alicyclic amines) is 1. The molecule has 2 atom stereocenters. The summed E-state index contributed by atoms with van der Waals surface area (Å²) in [5.41, 5.74) is 0. The molecule has 2 unspecified atom stereocenters. The normalized spacial score (nSPS) is 34.1. The number of likely N-dealkylation sites (N-methyl/N-ethyl adjacent to an activating group) is 1. The number of alkyl halides is 2. The summed E-state index contributed by atoms with van der Waals surface area (Å²) in [6, 6.07) is 0.0637. The third-order valence-corrected chi connectivity index (χ3v) is 3.21. The molecule has 15 heavy (non-hydrogen) atoms. The summed E-state index contributed by atoms with van der Waals surface area (Å²) in [4.78, 5) is 13.6. The van der Waals surface area contributed by atoms with Crippen LogP contribution in [0.25, 0.3) is 0 Å². The minimum Gasteiger partial charge on any atom is -0.352 e. The second-order valence-electron chi connectivity index (χ2n) is 4.41. The molecule has 0 bridgehead atoms. The SMILES string of the molecule is CCN1CCC(NC(=O)C2CC2(F)F)C1. The first-order valence-corrected chi connectivity index (χ1v) is 5.43. The van der Waals surface area contributed by atoms with Gasteiger partial charge in [-0.2, -0.15) is 0 Å². The zero-order chi connectivity index (χ0) is 11.1. The number of carbonyl (C=O) groups excluding carboxylic acids is 1. The number of nitrogens with zero attached hydrogens (tertiary/aromatic N) is 1. The molecule has 2 aliphatic rings. The van der Waals surface area contributed by atoms with Crippen LogP contribution in [0.3, 0.4) is 0 Å². The Balaban J connectivity index is 1.76. The highest BCUT2D eigenvalue weighted by Gasteiger charge is 2.61. The first-order chi connectivity index (χ1) is 7.03. The Morgan fingerprint density at radius 1 is 1.60 bits per heavy atom. The Labute approximate surface area is 87.8 Å². The summed E-state index contributed by atoms with van der Waals surface area (Å²) in [5.74, 6) is -4.27. The predicted molar refractivity (Wildman–Crippen MR) is 51.7 cm³/mol. The molecule has 1 heterocycles. The molecule has 0 aromatic heterocycles. The second kappa shape index (κ2) is 3.70. The largest absolute Gasteiger partial charge is 0.352 e. The van der Waals surface area contributed by atoms with Gasteiger partial charge in [-0.15, -0.1) is 0 Å². The molecule has 0 spiro atoms. The molecule has 0 aromatic carbocycles. The maximum Gasteiger partial charge on any atom is 0.260 e. The minimum atomic E-state index is -2.74. The summed E-state index contributed by atoms with van der Waals surface area (Å²) in [6.45, 7) is 4.74. The fraction of sp³-hybridized carbons (Fsp3) is 0.900. The monoisotopic (exact) mass is 218 g/mol. The van der Waals surface area contributed by atoms with E-state index < -0.39 is 17.7 Å². The van der Waals surface area contributed by atoms with Crippen LogP contribution in [-0.4, -0.2) is 42.4 Å². The van der Waals surface area contributed by atoms with Gasteiger partial charge in [0.1, 0.15) is 5.92 Å². The topological polar surface area (TPSA) is 32.3 Å². The Kier molecular flexibility index (Phi) is 2.66. The Morgan fingerprint density at radius 2 is 2.27 bits per heavy atom. The van der Waals surface area contributed by atoms with Gasteiger partial charge in [0.15, 0.2) is 0 Å². The molecule has 1 aliphatic carbocycles. The maximum absolute atomic E-state index is 12.6. The van der Waals surface area contributed by atoms with Gasteiger partial charge in [0.25, 0.3) is 5.92 Å². The van der Waals surface area contributed by atoms with E-state index in [-0.39, 0.29) is 12.5 Å². The van der Waals surface area contributed by atoms with E-state index in [9.17, 15) is 13.6 Å². The van der Waals surface area contributed by atoms with Gasteiger partial charge in [-0.1, -0.05) is 6.92 Å². The average Bonchev–Trinajstić information content (AvgIpc) is 2.62. The Hall–Kier alpha value is -0.710. The molecule has 2 rings (SSSR count). The highest BCUT2D eigenvalue weighted by Crippen LogP contribution is 2.48. The van der Waals surface area contributed by atoms with E-state index in [0.717, 1.165) is 26.1 Å². The maximum atomic E-state index is 12.6. The van der Waals surface area contributed by atoms with Crippen molar-refractivity contribution in [2.45, 2.75) is 31.7 Å². The van der Waals surface area contributed by atoms with Crippen LogP contribution in [0.2, 0.25) is 0 Å². The lowest BCUT2D eigenvalue weighted by atomic mass is 10.2. The molecule has 1 N–H and O–H groups in total. The van der Waals surface area contributed by atoms with Gasteiger partial charge in [-0.25, -0.2) is 8.78 Å². The number of rotatable bonds is 3. The number of hydrogen-bond donors (Lipinski definition) is 1. The fourth-order valence-electron chi connectivity index (χ4n) is 2.04. The van der Waals surface area contributed by atoms with Crippen LogP contribution < -0.4 is 5.32 Å². The summed E-state index contributed by atoms with van der Waals surface area (Å²) in [6.07, 6.45) is 0.598. The molecule has 0 radical (unpaired) electrons. The van der Waals surface area contributed by atoms with Crippen LogP contribution in [0.15, 0.2) is 0 Å². The van der Waals surface area contributed by atoms with Crippen LogP contribution in [-0.2, 0) is 4.79 Å². The standard InChI is InChI=1S/C10H16F2N2O/c1-2-14-4-3-7(6-14)13-9(15)8-5-10(8,11)12/h7-8H,2-6H2,1H3,(H,13,15). The van der Waals surface area contributed by atoms with Gasteiger partial charge in [0.2, 0.25) is 5.91 Å². The zero-order valence-corrected chi connectivity index (χ0v) is 8.80. The summed E-state index contributed by atoms with van der Waals surface area (Å²) < 4.78 is 25.2. The number of hydrogen-bond acceptors (Lipinski definition) is 2. The highest BCUT2D eigenvalue weighted by molar-refractivity contribution is 5.83. The van der Waals surface area contributed by atoms with Gasteiger partial charge in [-0.3, -0.25) is 4.79 Å². The number of amides is 1. The van der Waals surface area contributed by atoms with Crippen LogP contribution >= 0.6 is 0 Å². The number of carbonyl (C=O) groups is 1. The molecule has 1 saturated heterocycles. The van der Waals surface area contributed by atoms with E-state index in [2.05, 4.69) is 17.1 Å². The van der Waals surface area contributed by atoms with E-state index in [4.69, 9.17) is 0 Å². The van der Waals surface area contributed by atoms with E-state index in [1.807, 2.05) is 0 Å². The molecule has 2 fully saturated rings. The van der Waals surface area contributed by atoms with Crippen molar-refractivity contribution >= 4 is 5.91 Å². The molecule has 5 heteroatoms. The van der Waals surface area contributed by atoms with Gasteiger partial charge < -0.3 is 10.2 Å². The lowest BCUT2D eigenvalue weighted by molar-refractivity contribution is -0.125. The molecule has 3 nitrogen and oxygen atoms in total. The van der Waals surface area contributed by atoms with Crippen LogP contribution in [0.4, 0.5) is 8.78 Å². The van der Waals surface area contributed by atoms with Crippen molar-refractivity contribution < 1.29 is 13.6 Å². The third-order valence-electron chi connectivity index (χ3n) is 3.21. The smallest absolute Gasteiger partial charge is 0.260 e. The van der Waals surface area contributed by atoms with Crippen molar-refractivity contribution in [3.05, 3.63) is 0 Å². The predicted octanol–water partition coefficient (Wildman–Crippen LogP) is 0.852. The summed E-state index contributed by atoms with van der Waals surface area (Å²) >= 11 is 0. The van der Waals surface area contributed by atoms with Crippen molar-refractivity contribution in [1.82, 2.24) is 10.2 Å². The second-order valence-corrected chi connectivity index (χ2v) is 4.41. The van der Waals surface area contributed by atoms with Crippen LogP contribution in [0.1, 0.15) is 19.8 Å². The van der Waals surface area contributed by atoms with Gasteiger partial charge in [0.05, 0.1) is 0 Å². The molecule has 86 valence electrons. The molecule has 1 amide bonds. The molecule has 0 aromatic rings. The van der Waals surface area contributed by atoms with E-state index in [1.54, 1.807) is 0 Å². The van der Waals surface area contributed by atoms with Crippen LogP contribution in [0, 0.1) is 5.92 Å². The van der Waals surface area contributed by atoms with Gasteiger partial charge in [-0.05, 0) is 13.0 Å². The first-order valence-electron chi connectivity index (χ1n) is 5.43.